The zero-order valence-corrected chi connectivity index (χ0v) is 11.3. The molecule has 0 saturated carbocycles. The van der Waals surface area contributed by atoms with Gasteiger partial charge in [-0.05, 0) is 42.2 Å². The lowest BCUT2D eigenvalue weighted by molar-refractivity contribution is 0.766. The molecule has 2 N–H and O–H groups in total. The molecule has 0 bridgehead atoms. The van der Waals surface area contributed by atoms with Crippen molar-refractivity contribution in [1.29, 1.82) is 5.26 Å². The van der Waals surface area contributed by atoms with Gasteiger partial charge in [0.05, 0.1) is 11.3 Å². The van der Waals surface area contributed by atoms with E-state index in [0.717, 1.165) is 31.6 Å². The molecular formula is C17H17N3. The summed E-state index contributed by atoms with van der Waals surface area (Å²) in [7, 11) is 0. The highest BCUT2D eigenvalue weighted by Crippen LogP contribution is 2.26. The number of nitriles is 1. The number of rotatable bonds is 1. The van der Waals surface area contributed by atoms with Crippen molar-refractivity contribution in [3.8, 4) is 6.07 Å². The minimum absolute atomic E-state index is 0.545. The Morgan fingerprint density at radius 1 is 1.10 bits per heavy atom. The summed E-state index contributed by atoms with van der Waals surface area (Å²) in [6.45, 7) is 1.92. The van der Waals surface area contributed by atoms with Gasteiger partial charge in [-0.25, -0.2) is 0 Å². The summed E-state index contributed by atoms with van der Waals surface area (Å²) in [6.07, 6.45) is 2.26. The maximum Gasteiger partial charge on any atom is 0.101 e. The number of benzene rings is 2. The maximum atomic E-state index is 8.95. The van der Waals surface area contributed by atoms with E-state index >= 15 is 0 Å². The Hall–Kier alpha value is -2.47. The topological polar surface area (TPSA) is 53.0 Å². The van der Waals surface area contributed by atoms with E-state index in [1.54, 1.807) is 0 Å². The first kappa shape index (κ1) is 12.6. The summed E-state index contributed by atoms with van der Waals surface area (Å²) >= 11 is 0. The van der Waals surface area contributed by atoms with E-state index in [9.17, 15) is 0 Å². The second-order valence-electron chi connectivity index (χ2n) is 5.18. The summed E-state index contributed by atoms with van der Waals surface area (Å²) in [5.41, 5.74) is 10.9. The Bertz CT molecular complexity index is 670. The second kappa shape index (κ2) is 5.26. The minimum atomic E-state index is 0.545. The molecule has 1 aliphatic heterocycles. The molecule has 0 aromatic heterocycles. The van der Waals surface area contributed by atoms with Gasteiger partial charge in [0.25, 0.3) is 0 Å². The molecule has 0 saturated heterocycles. The lowest BCUT2D eigenvalue weighted by Crippen LogP contribution is -2.22. The monoisotopic (exact) mass is 263 g/mol. The third kappa shape index (κ3) is 2.33. The van der Waals surface area contributed by atoms with Crippen LogP contribution in [0, 0.1) is 11.3 Å². The highest BCUT2D eigenvalue weighted by Gasteiger charge is 2.15. The van der Waals surface area contributed by atoms with Crippen LogP contribution < -0.4 is 10.6 Å². The van der Waals surface area contributed by atoms with Crippen LogP contribution in [-0.2, 0) is 13.0 Å². The molecular weight excluding hydrogens is 246 g/mol. The van der Waals surface area contributed by atoms with Gasteiger partial charge in [0.1, 0.15) is 6.07 Å². The number of nitrogen functional groups attached to an aromatic ring is 1. The third-order valence-electron chi connectivity index (χ3n) is 3.87. The van der Waals surface area contributed by atoms with E-state index in [1.807, 2.05) is 18.2 Å². The van der Waals surface area contributed by atoms with Crippen LogP contribution in [0.15, 0.2) is 42.5 Å². The van der Waals surface area contributed by atoms with Crippen molar-refractivity contribution in [2.24, 2.45) is 0 Å². The zero-order valence-electron chi connectivity index (χ0n) is 11.3. The van der Waals surface area contributed by atoms with Crippen LogP contribution >= 0.6 is 0 Å². The van der Waals surface area contributed by atoms with E-state index in [-0.39, 0.29) is 0 Å². The van der Waals surface area contributed by atoms with Crippen molar-refractivity contribution in [3.05, 3.63) is 59.2 Å². The molecule has 1 heterocycles. The van der Waals surface area contributed by atoms with Crippen LogP contribution in [0.4, 0.5) is 11.4 Å². The van der Waals surface area contributed by atoms with Gasteiger partial charge >= 0.3 is 0 Å². The Morgan fingerprint density at radius 3 is 2.65 bits per heavy atom. The first-order valence-electron chi connectivity index (χ1n) is 6.89. The van der Waals surface area contributed by atoms with Crippen LogP contribution in [0.25, 0.3) is 0 Å². The Kier molecular flexibility index (Phi) is 3.30. The van der Waals surface area contributed by atoms with E-state index in [0.29, 0.717) is 11.3 Å². The molecule has 2 aromatic rings. The van der Waals surface area contributed by atoms with Crippen molar-refractivity contribution in [1.82, 2.24) is 0 Å². The maximum absolute atomic E-state index is 8.95. The van der Waals surface area contributed by atoms with Crippen molar-refractivity contribution in [3.63, 3.8) is 0 Å². The van der Waals surface area contributed by atoms with Crippen LogP contribution in [0.5, 0.6) is 0 Å². The van der Waals surface area contributed by atoms with Crippen LogP contribution in [0.3, 0.4) is 0 Å². The first-order chi connectivity index (χ1) is 9.78. The smallest absolute Gasteiger partial charge is 0.101 e. The fourth-order valence-electron chi connectivity index (χ4n) is 2.77. The molecule has 100 valence electrons. The fourth-order valence-corrected chi connectivity index (χ4v) is 2.77. The van der Waals surface area contributed by atoms with Crippen LogP contribution in [0.1, 0.15) is 23.1 Å². The van der Waals surface area contributed by atoms with Gasteiger partial charge in [0.15, 0.2) is 0 Å². The predicted molar refractivity (Wildman–Crippen MR) is 81.4 cm³/mol. The Labute approximate surface area is 119 Å². The number of nitrogens with two attached hydrogens (primary N) is 1. The molecule has 0 spiro atoms. The van der Waals surface area contributed by atoms with E-state index in [2.05, 4.69) is 35.2 Å². The van der Waals surface area contributed by atoms with E-state index in [4.69, 9.17) is 11.0 Å². The average molecular weight is 263 g/mol. The van der Waals surface area contributed by atoms with Gasteiger partial charge in [0.2, 0.25) is 0 Å². The van der Waals surface area contributed by atoms with Crippen molar-refractivity contribution >= 4 is 11.4 Å². The fraction of sp³-hybridized carbons (Fsp3) is 0.235. The lowest BCUT2D eigenvalue weighted by atomic mass is 10.0. The summed E-state index contributed by atoms with van der Waals surface area (Å²) in [4.78, 5) is 2.34. The van der Waals surface area contributed by atoms with E-state index < -0.39 is 0 Å². The Balaban J connectivity index is 1.92. The van der Waals surface area contributed by atoms with Gasteiger partial charge in [-0.1, -0.05) is 24.3 Å². The highest BCUT2D eigenvalue weighted by atomic mass is 15.1. The number of nitrogens with zero attached hydrogens (tertiary/aromatic N) is 2. The molecule has 3 nitrogen and oxygen atoms in total. The number of fused-ring (bicyclic) bond motifs is 1. The molecule has 3 rings (SSSR count). The summed E-state index contributed by atoms with van der Waals surface area (Å²) in [6, 6.07) is 16.4. The Morgan fingerprint density at radius 2 is 1.90 bits per heavy atom. The minimum Gasteiger partial charge on any atom is -0.398 e. The first-order valence-corrected chi connectivity index (χ1v) is 6.89. The summed E-state index contributed by atoms with van der Waals surface area (Å²) in [5, 5.41) is 8.95. The molecule has 1 aliphatic rings. The van der Waals surface area contributed by atoms with Gasteiger partial charge in [-0.3, -0.25) is 0 Å². The lowest BCUT2D eigenvalue weighted by Gasteiger charge is -2.23. The molecule has 0 aliphatic carbocycles. The van der Waals surface area contributed by atoms with Gasteiger partial charge in [-0.15, -0.1) is 0 Å². The highest BCUT2D eigenvalue weighted by molar-refractivity contribution is 5.64. The molecule has 2 aromatic carbocycles. The average Bonchev–Trinajstić information content (AvgIpc) is 2.69. The SMILES string of the molecule is N#Cc1ccc(N2CCCc3ccccc3C2)cc1N. The molecule has 0 fully saturated rings. The van der Waals surface area contributed by atoms with Gasteiger partial charge in [-0.2, -0.15) is 5.26 Å². The quantitative estimate of drug-likeness (QED) is 0.804. The zero-order chi connectivity index (χ0) is 13.9. The molecule has 20 heavy (non-hydrogen) atoms. The largest absolute Gasteiger partial charge is 0.398 e. The second-order valence-corrected chi connectivity index (χ2v) is 5.18. The summed E-state index contributed by atoms with van der Waals surface area (Å²) in [5.74, 6) is 0. The number of anilines is 2. The predicted octanol–water partition coefficient (Wildman–Crippen LogP) is 3.09. The normalized spacial score (nSPS) is 14.2. The van der Waals surface area contributed by atoms with Gasteiger partial charge in [0, 0.05) is 18.8 Å². The number of hydrogen-bond donors (Lipinski definition) is 1. The van der Waals surface area contributed by atoms with Crippen LogP contribution in [-0.4, -0.2) is 6.54 Å². The van der Waals surface area contributed by atoms with Crippen molar-refractivity contribution < 1.29 is 0 Å². The molecule has 3 heteroatoms. The van der Waals surface area contributed by atoms with Gasteiger partial charge < -0.3 is 10.6 Å². The summed E-state index contributed by atoms with van der Waals surface area (Å²) < 4.78 is 0. The standard InChI is InChI=1S/C17H17N3/c18-11-14-7-8-16(10-17(14)19)20-9-3-6-13-4-1-2-5-15(13)12-20/h1-2,4-5,7-8,10H,3,6,9,12,19H2. The van der Waals surface area contributed by atoms with Crippen molar-refractivity contribution in [2.75, 3.05) is 17.2 Å². The van der Waals surface area contributed by atoms with E-state index in [1.165, 1.54) is 11.1 Å². The molecule has 0 amide bonds. The number of aryl methyl sites for hydroxylation is 1. The molecule has 0 radical (unpaired) electrons. The third-order valence-corrected chi connectivity index (χ3v) is 3.87. The van der Waals surface area contributed by atoms with Crippen LogP contribution in [0.2, 0.25) is 0 Å². The molecule has 0 atom stereocenters. The number of hydrogen-bond acceptors (Lipinski definition) is 3. The molecule has 0 unspecified atom stereocenters. The van der Waals surface area contributed by atoms with Crippen molar-refractivity contribution in [2.45, 2.75) is 19.4 Å².